The van der Waals surface area contributed by atoms with Crippen molar-refractivity contribution in [1.82, 2.24) is 4.90 Å². The molecule has 0 aliphatic heterocycles. The number of nitrogens with zero attached hydrogens (tertiary/aromatic N) is 1. The smallest absolute Gasteiger partial charge is 0.213 e. The zero-order chi connectivity index (χ0) is 7.28. The molecule has 50 valence electrons. The summed E-state index contributed by atoms with van der Waals surface area (Å²) in [5.74, 6) is 0. The molecule has 9 heavy (non-hydrogen) atoms. The molecule has 0 radical (unpaired) electrons. The highest BCUT2D eigenvalue weighted by atomic mass is 16.1. The fraction of sp³-hybridized carbons (Fsp3) is 0.286. The average Bonchev–Trinajstić information content (AvgIpc) is 1.87. The Morgan fingerprint density at radius 3 is 2.56 bits per heavy atom. The molecule has 0 saturated carbocycles. The zero-order valence-corrected chi connectivity index (χ0v) is 5.79. The highest BCUT2D eigenvalue weighted by Gasteiger charge is 1.84. The number of allylic oxidation sites excluding steroid dienone is 2. The van der Waals surface area contributed by atoms with Gasteiger partial charge in [-0.25, -0.2) is 0 Å². The Morgan fingerprint density at radius 2 is 2.22 bits per heavy atom. The number of carbonyl (C=O) groups is 1. The normalized spacial score (nSPS) is 10.7. The zero-order valence-electron chi connectivity index (χ0n) is 5.79. The highest BCUT2D eigenvalue weighted by molar-refractivity contribution is 5.48. The van der Waals surface area contributed by atoms with Crippen LogP contribution in [0.3, 0.4) is 0 Å². The van der Waals surface area contributed by atoms with Crippen LogP contribution in [0, 0.1) is 0 Å². The van der Waals surface area contributed by atoms with Gasteiger partial charge in [0.05, 0.1) is 0 Å². The third-order valence-electron chi connectivity index (χ3n) is 0.896. The molecule has 0 bridgehead atoms. The van der Waals surface area contributed by atoms with Crippen molar-refractivity contribution < 1.29 is 4.79 Å². The van der Waals surface area contributed by atoms with Crippen LogP contribution in [0.2, 0.25) is 0 Å². The molecular weight excluding hydrogens is 114 g/mol. The molecule has 0 N–H and O–H groups in total. The first-order valence-corrected chi connectivity index (χ1v) is 2.68. The lowest BCUT2D eigenvalue weighted by Gasteiger charge is -2.02. The second-order valence-corrected chi connectivity index (χ2v) is 1.85. The predicted molar refractivity (Wildman–Crippen MR) is 37.8 cm³/mol. The van der Waals surface area contributed by atoms with E-state index in [0.29, 0.717) is 0 Å². The molecule has 2 heteroatoms. The summed E-state index contributed by atoms with van der Waals surface area (Å²) in [5, 5.41) is 0. The Labute approximate surface area is 55.5 Å². The summed E-state index contributed by atoms with van der Waals surface area (Å²) in [7, 11) is 1.68. The van der Waals surface area contributed by atoms with Crippen LogP contribution in [0.25, 0.3) is 0 Å². The van der Waals surface area contributed by atoms with Gasteiger partial charge < -0.3 is 4.90 Å². The molecule has 0 rings (SSSR count). The van der Waals surface area contributed by atoms with Crippen LogP contribution in [0.1, 0.15) is 6.92 Å². The molecule has 0 atom stereocenters. The van der Waals surface area contributed by atoms with E-state index in [1.807, 2.05) is 6.92 Å². The van der Waals surface area contributed by atoms with Gasteiger partial charge in [-0.3, -0.25) is 4.79 Å². The maximum absolute atomic E-state index is 10.0. The monoisotopic (exact) mass is 125 g/mol. The minimum absolute atomic E-state index is 0.743. The van der Waals surface area contributed by atoms with E-state index in [4.69, 9.17) is 0 Å². The summed E-state index contributed by atoms with van der Waals surface area (Å²) >= 11 is 0. The van der Waals surface area contributed by atoms with Crippen molar-refractivity contribution in [3.05, 3.63) is 24.4 Å². The largest absolute Gasteiger partial charge is 0.324 e. The van der Waals surface area contributed by atoms with Gasteiger partial charge in [0.2, 0.25) is 6.41 Å². The van der Waals surface area contributed by atoms with Crippen LogP contribution >= 0.6 is 0 Å². The Morgan fingerprint density at radius 1 is 1.67 bits per heavy atom. The molecular formula is C7H11NO. The standard InChI is InChI=1S/C7H11NO/c1-4-7(2)5-8(3)6-9/h4-6H,1H2,2-3H3/b7-5-. The van der Waals surface area contributed by atoms with E-state index in [9.17, 15) is 4.79 Å². The molecule has 0 aromatic rings. The van der Waals surface area contributed by atoms with Crippen molar-refractivity contribution in [2.45, 2.75) is 6.92 Å². The molecule has 0 aliphatic rings. The van der Waals surface area contributed by atoms with E-state index >= 15 is 0 Å². The first-order valence-electron chi connectivity index (χ1n) is 2.68. The number of hydrogen-bond donors (Lipinski definition) is 0. The minimum Gasteiger partial charge on any atom is -0.324 e. The second kappa shape index (κ2) is 3.89. The molecule has 0 aliphatic carbocycles. The predicted octanol–water partition coefficient (Wildman–Crippen LogP) is 1.16. The third-order valence-corrected chi connectivity index (χ3v) is 0.896. The van der Waals surface area contributed by atoms with Gasteiger partial charge in [0.25, 0.3) is 0 Å². The van der Waals surface area contributed by atoms with Gasteiger partial charge in [-0.2, -0.15) is 0 Å². The van der Waals surface area contributed by atoms with Gasteiger partial charge in [-0.1, -0.05) is 12.7 Å². The highest BCUT2D eigenvalue weighted by Crippen LogP contribution is 1.92. The fourth-order valence-electron chi connectivity index (χ4n) is 0.404. The second-order valence-electron chi connectivity index (χ2n) is 1.85. The van der Waals surface area contributed by atoms with Crippen molar-refractivity contribution in [2.24, 2.45) is 0 Å². The molecule has 1 amide bonds. The molecule has 0 saturated heterocycles. The van der Waals surface area contributed by atoms with Crippen LogP contribution in [0.5, 0.6) is 0 Å². The SMILES string of the molecule is C=C/C(C)=C\N(C)C=O. The average molecular weight is 125 g/mol. The van der Waals surface area contributed by atoms with Crippen molar-refractivity contribution in [2.75, 3.05) is 7.05 Å². The summed E-state index contributed by atoms with van der Waals surface area (Å²) in [6, 6.07) is 0. The first-order chi connectivity index (χ1) is 4.20. The molecule has 0 fully saturated rings. The lowest BCUT2D eigenvalue weighted by atomic mass is 10.3. The molecule has 0 heterocycles. The van der Waals surface area contributed by atoms with E-state index < -0.39 is 0 Å². The van der Waals surface area contributed by atoms with Gasteiger partial charge in [-0.15, -0.1) is 0 Å². The van der Waals surface area contributed by atoms with Crippen molar-refractivity contribution in [3.63, 3.8) is 0 Å². The van der Waals surface area contributed by atoms with Gasteiger partial charge in [0, 0.05) is 13.2 Å². The summed E-state index contributed by atoms with van der Waals surface area (Å²) in [5.41, 5.74) is 0.976. The number of carbonyl (C=O) groups excluding carboxylic acids is 1. The Balaban J connectivity index is 3.92. The van der Waals surface area contributed by atoms with E-state index in [1.165, 1.54) is 4.90 Å². The first kappa shape index (κ1) is 7.95. The van der Waals surface area contributed by atoms with Crippen LogP contribution in [0.4, 0.5) is 0 Å². The minimum atomic E-state index is 0.743. The maximum Gasteiger partial charge on any atom is 0.213 e. The van der Waals surface area contributed by atoms with Crippen molar-refractivity contribution in [1.29, 1.82) is 0 Å². The third kappa shape index (κ3) is 3.53. The van der Waals surface area contributed by atoms with Gasteiger partial charge in [0.1, 0.15) is 0 Å². The van der Waals surface area contributed by atoms with Gasteiger partial charge >= 0.3 is 0 Å². The topological polar surface area (TPSA) is 20.3 Å². The van der Waals surface area contributed by atoms with E-state index in [0.717, 1.165) is 12.0 Å². The quantitative estimate of drug-likeness (QED) is 0.409. The summed E-state index contributed by atoms with van der Waals surface area (Å²) in [6.45, 7) is 5.42. The van der Waals surface area contributed by atoms with Crippen LogP contribution in [0.15, 0.2) is 24.4 Å². The Bertz CT molecular complexity index is 138. The van der Waals surface area contributed by atoms with Gasteiger partial charge in [-0.05, 0) is 12.5 Å². The van der Waals surface area contributed by atoms with E-state index in [-0.39, 0.29) is 0 Å². The van der Waals surface area contributed by atoms with Gasteiger partial charge in [0.15, 0.2) is 0 Å². The molecule has 0 unspecified atom stereocenters. The van der Waals surface area contributed by atoms with E-state index in [2.05, 4.69) is 6.58 Å². The van der Waals surface area contributed by atoms with Crippen molar-refractivity contribution in [3.8, 4) is 0 Å². The lowest BCUT2D eigenvalue weighted by Crippen LogP contribution is -2.06. The number of rotatable bonds is 3. The summed E-state index contributed by atoms with van der Waals surface area (Å²) < 4.78 is 0. The number of amides is 1. The molecule has 0 aromatic heterocycles. The molecule has 0 aromatic carbocycles. The number of hydrogen-bond acceptors (Lipinski definition) is 1. The van der Waals surface area contributed by atoms with Crippen LogP contribution in [-0.2, 0) is 4.79 Å². The Kier molecular flexibility index (Phi) is 3.44. The maximum atomic E-state index is 10.0. The Hall–Kier alpha value is -1.05. The van der Waals surface area contributed by atoms with Crippen molar-refractivity contribution >= 4 is 6.41 Å². The fourth-order valence-corrected chi connectivity index (χ4v) is 0.404. The molecule has 0 spiro atoms. The lowest BCUT2D eigenvalue weighted by molar-refractivity contribution is -0.115. The van der Waals surface area contributed by atoms with Crippen LogP contribution in [-0.4, -0.2) is 18.4 Å². The molecule has 2 nitrogen and oxygen atoms in total. The summed E-state index contributed by atoms with van der Waals surface area (Å²) in [6.07, 6.45) is 4.15. The summed E-state index contributed by atoms with van der Waals surface area (Å²) in [4.78, 5) is 11.4. The van der Waals surface area contributed by atoms with Crippen LogP contribution < -0.4 is 0 Å². The van der Waals surface area contributed by atoms with E-state index in [1.54, 1.807) is 19.3 Å².